The number of ether oxygens (including phenoxy) is 1. The smallest absolute Gasteiger partial charge is 0.254 e. The van der Waals surface area contributed by atoms with Gasteiger partial charge in [-0.1, -0.05) is 11.2 Å². The second-order valence-electron chi connectivity index (χ2n) is 8.86. The number of hydrogen-bond donors (Lipinski definition) is 2. The van der Waals surface area contributed by atoms with Crippen LogP contribution in [0.2, 0.25) is 0 Å². The quantitative estimate of drug-likeness (QED) is 0.495. The Morgan fingerprint density at radius 1 is 1.09 bits per heavy atom. The van der Waals surface area contributed by atoms with E-state index in [-0.39, 0.29) is 18.1 Å². The monoisotopic (exact) mass is 446 g/mol. The first-order valence-electron chi connectivity index (χ1n) is 11.0. The second kappa shape index (κ2) is 7.74. The molecule has 2 amide bonds. The summed E-state index contributed by atoms with van der Waals surface area (Å²) in [5.74, 6) is 0.0980. The van der Waals surface area contributed by atoms with Gasteiger partial charge in [0.2, 0.25) is 0 Å². The maximum absolute atomic E-state index is 13.2. The zero-order valence-corrected chi connectivity index (χ0v) is 19.1. The third kappa shape index (κ3) is 3.56. The lowest BCUT2D eigenvalue weighted by atomic mass is 9.97. The number of nitrogens with zero attached hydrogens (tertiary/aromatic N) is 2. The molecule has 3 N–H and O–H groups in total. The van der Waals surface area contributed by atoms with Gasteiger partial charge >= 0.3 is 0 Å². The van der Waals surface area contributed by atoms with Crippen LogP contribution in [-0.2, 0) is 4.74 Å². The van der Waals surface area contributed by atoms with Crippen LogP contribution in [-0.4, -0.2) is 52.2 Å². The number of carbonyl (C=O) groups is 2. The van der Waals surface area contributed by atoms with Gasteiger partial charge in [0.25, 0.3) is 11.8 Å². The molecule has 1 saturated heterocycles. The third-order valence-electron chi connectivity index (χ3n) is 6.25. The van der Waals surface area contributed by atoms with Gasteiger partial charge in [0.1, 0.15) is 5.76 Å². The van der Waals surface area contributed by atoms with Crippen molar-refractivity contribution in [2.45, 2.75) is 39.9 Å². The first-order valence-corrected chi connectivity index (χ1v) is 11.0. The Morgan fingerprint density at radius 2 is 1.82 bits per heavy atom. The standard InChI is InChI=1S/C25H26N4O4/c1-12-10-29(11-13(2)32-12)25(31)16-5-6-18-19-7-17(22-14(3)28-33-15(22)4)8-20(24(26)30)23(19)27-21(18)9-16/h5-9,12-13,27H,10-11H2,1-4H3,(H2,26,30). The van der Waals surface area contributed by atoms with Gasteiger partial charge in [-0.2, -0.15) is 0 Å². The number of carbonyl (C=O) groups excluding carboxylic acids is 2. The van der Waals surface area contributed by atoms with Crippen molar-refractivity contribution in [3.8, 4) is 11.1 Å². The summed E-state index contributed by atoms with van der Waals surface area (Å²) >= 11 is 0. The van der Waals surface area contributed by atoms with Gasteiger partial charge in [-0.05, 0) is 57.5 Å². The van der Waals surface area contributed by atoms with Gasteiger partial charge in [0, 0.05) is 40.5 Å². The first-order chi connectivity index (χ1) is 15.7. The molecule has 1 fully saturated rings. The van der Waals surface area contributed by atoms with Crippen LogP contribution in [0.15, 0.2) is 34.9 Å². The van der Waals surface area contributed by atoms with Crippen LogP contribution in [0.3, 0.4) is 0 Å². The molecule has 0 bridgehead atoms. The summed E-state index contributed by atoms with van der Waals surface area (Å²) in [4.78, 5) is 30.6. The first kappa shape index (κ1) is 21.2. The molecule has 2 aromatic carbocycles. The van der Waals surface area contributed by atoms with Crippen LogP contribution in [0.4, 0.5) is 0 Å². The maximum atomic E-state index is 13.2. The summed E-state index contributed by atoms with van der Waals surface area (Å²) in [6, 6.07) is 9.34. The van der Waals surface area contributed by atoms with Gasteiger partial charge in [-0.15, -0.1) is 0 Å². The average Bonchev–Trinajstić information content (AvgIpc) is 3.30. The predicted molar refractivity (Wildman–Crippen MR) is 125 cm³/mol. The molecule has 1 aliphatic rings. The summed E-state index contributed by atoms with van der Waals surface area (Å²) in [5.41, 5.74) is 10.5. The molecule has 170 valence electrons. The lowest BCUT2D eigenvalue weighted by Crippen LogP contribution is -2.48. The lowest BCUT2D eigenvalue weighted by Gasteiger charge is -2.35. The fraction of sp³-hybridized carbons (Fsp3) is 0.320. The summed E-state index contributed by atoms with van der Waals surface area (Å²) in [6.07, 6.45) is -0.00856. The Balaban J connectivity index is 1.64. The molecule has 5 rings (SSSR count). The summed E-state index contributed by atoms with van der Waals surface area (Å²) < 4.78 is 11.1. The van der Waals surface area contributed by atoms with Crippen LogP contribution in [0, 0.1) is 13.8 Å². The Bertz CT molecular complexity index is 1390. The van der Waals surface area contributed by atoms with Crippen molar-refractivity contribution in [3.63, 3.8) is 0 Å². The van der Waals surface area contributed by atoms with Crippen molar-refractivity contribution in [1.29, 1.82) is 0 Å². The topological polar surface area (TPSA) is 114 Å². The minimum Gasteiger partial charge on any atom is -0.372 e. The van der Waals surface area contributed by atoms with E-state index in [1.807, 2.05) is 56.9 Å². The van der Waals surface area contributed by atoms with E-state index in [0.29, 0.717) is 35.5 Å². The predicted octanol–water partition coefficient (Wildman–Crippen LogP) is 3.94. The molecule has 0 radical (unpaired) electrons. The van der Waals surface area contributed by atoms with E-state index in [0.717, 1.165) is 33.1 Å². The second-order valence-corrected chi connectivity index (χ2v) is 8.86. The Hall–Kier alpha value is -3.65. The van der Waals surface area contributed by atoms with Gasteiger partial charge in [-0.25, -0.2) is 0 Å². The minimum absolute atomic E-state index is 0.00428. The van der Waals surface area contributed by atoms with Crippen LogP contribution < -0.4 is 5.73 Å². The number of hydrogen-bond acceptors (Lipinski definition) is 5. The van der Waals surface area contributed by atoms with Gasteiger partial charge < -0.3 is 24.9 Å². The number of primary amides is 1. The minimum atomic E-state index is -0.534. The molecule has 2 atom stereocenters. The highest BCUT2D eigenvalue weighted by molar-refractivity contribution is 6.17. The van der Waals surface area contributed by atoms with E-state index < -0.39 is 5.91 Å². The van der Waals surface area contributed by atoms with E-state index in [1.165, 1.54) is 0 Å². The molecule has 33 heavy (non-hydrogen) atoms. The molecule has 1 aliphatic heterocycles. The molecule has 8 heteroatoms. The lowest BCUT2D eigenvalue weighted by molar-refractivity contribution is -0.0586. The Morgan fingerprint density at radius 3 is 2.45 bits per heavy atom. The number of aromatic nitrogens is 2. The molecule has 0 spiro atoms. The molecule has 3 heterocycles. The molecular weight excluding hydrogens is 420 g/mol. The van der Waals surface area contributed by atoms with Crippen LogP contribution in [0.1, 0.15) is 46.0 Å². The SMILES string of the molecule is Cc1noc(C)c1-c1cc(C(N)=O)c2[nH]c3cc(C(=O)N4CC(C)OC(C)C4)ccc3c2c1. The third-order valence-corrected chi connectivity index (χ3v) is 6.25. The number of H-pyrrole nitrogens is 1. The molecule has 0 saturated carbocycles. The highest BCUT2D eigenvalue weighted by Gasteiger charge is 2.27. The van der Waals surface area contributed by atoms with E-state index >= 15 is 0 Å². The van der Waals surface area contributed by atoms with Crippen LogP contribution in [0.25, 0.3) is 32.9 Å². The highest BCUT2D eigenvalue weighted by Crippen LogP contribution is 2.35. The number of morpholine rings is 1. The summed E-state index contributed by atoms with van der Waals surface area (Å²) in [7, 11) is 0. The van der Waals surface area contributed by atoms with E-state index in [9.17, 15) is 9.59 Å². The van der Waals surface area contributed by atoms with Gasteiger partial charge in [0.15, 0.2) is 0 Å². The summed E-state index contributed by atoms with van der Waals surface area (Å²) in [5, 5.41) is 5.79. The highest BCUT2D eigenvalue weighted by atomic mass is 16.5. The van der Waals surface area contributed by atoms with Gasteiger partial charge in [-0.3, -0.25) is 9.59 Å². The van der Waals surface area contributed by atoms with Crippen LogP contribution in [0.5, 0.6) is 0 Å². The molecule has 2 aromatic heterocycles. The Kier molecular flexibility index (Phi) is 4.97. The van der Waals surface area contributed by atoms with Crippen molar-refractivity contribution in [2.24, 2.45) is 5.73 Å². The normalized spacial score (nSPS) is 18.8. The largest absolute Gasteiger partial charge is 0.372 e. The van der Waals surface area contributed by atoms with E-state index in [4.69, 9.17) is 15.0 Å². The number of nitrogens with two attached hydrogens (primary N) is 1. The number of fused-ring (bicyclic) bond motifs is 3. The molecule has 4 aromatic rings. The fourth-order valence-corrected chi connectivity index (χ4v) is 4.90. The zero-order chi connectivity index (χ0) is 23.4. The Labute approximate surface area is 190 Å². The summed E-state index contributed by atoms with van der Waals surface area (Å²) in [6.45, 7) is 8.75. The number of rotatable bonds is 3. The van der Waals surface area contributed by atoms with E-state index in [1.54, 1.807) is 6.07 Å². The molecule has 8 nitrogen and oxygen atoms in total. The maximum Gasteiger partial charge on any atom is 0.254 e. The zero-order valence-electron chi connectivity index (χ0n) is 19.1. The number of benzene rings is 2. The number of aryl methyl sites for hydroxylation is 2. The van der Waals surface area contributed by atoms with Crippen molar-refractivity contribution in [2.75, 3.05) is 13.1 Å². The van der Waals surface area contributed by atoms with Crippen LogP contribution >= 0.6 is 0 Å². The van der Waals surface area contributed by atoms with Crippen molar-refractivity contribution in [3.05, 3.63) is 52.9 Å². The number of amides is 2. The van der Waals surface area contributed by atoms with Crippen molar-refractivity contribution < 1.29 is 18.8 Å². The number of aromatic amines is 1. The van der Waals surface area contributed by atoms with Crippen molar-refractivity contribution >= 4 is 33.6 Å². The number of nitrogens with one attached hydrogen (secondary N) is 1. The van der Waals surface area contributed by atoms with Crippen molar-refractivity contribution in [1.82, 2.24) is 15.0 Å². The molecule has 0 aliphatic carbocycles. The molecule has 2 unspecified atom stereocenters. The van der Waals surface area contributed by atoms with Gasteiger partial charge in [0.05, 0.1) is 29.0 Å². The average molecular weight is 447 g/mol. The molecular formula is C25H26N4O4. The fourth-order valence-electron chi connectivity index (χ4n) is 4.90. The van der Waals surface area contributed by atoms with E-state index in [2.05, 4.69) is 10.1 Å².